The highest BCUT2D eigenvalue weighted by molar-refractivity contribution is 9.10. The second-order valence-corrected chi connectivity index (χ2v) is 11.2. The fourth-order valence-corrected chi connectivity index (χ4v) is 5.48. The molecule has 0 bridgehead atoms. The Balaban J connectivity index is 1.45. The van der Waals surface area contributed by atoms with E-state index in [9.17, 15) is 13.2 Å². The van der Waals surface area contributed by atoms with Gasteiger partial charge in [0.05, 0.1) is 28.0 Å². The van der Waals surface area contributed by atoms with Crippen molar-refractivity contribution in [1.29, 1.82) is 0 Å². The van der Waals surface area contributed by atoms with Gasteiger partial charge in [0.1, 0.15) is 18.2 Å². The van der Waals surface area contributed by atoms with E-state index in [0.717, 1.165) is 45.6 Å². The number of carbonyl (C=O) groups is 1. The lowest BCUT2D eigenvalue weighted by atomic mass is 10.0. The van der Waals surface area contributed by atoms with Gasteiger partial charge in [-0.1, -0.05) is 12.1 Å². The maximum Gasteiger partial charge on any atom is 0.255 e. The Kier molecular flexibility index (Phi) is 5.69. The Bertz CT molecular complexity index is 1550. The third kappa shape index (κ3) is 4.33. The minimum Gasteiger partial charge on any atom is -0.491 e. The van der Waals surface area contributed by atoms with E-state index >= 15 is 0 Å². The van der Waals surface area contributed by atoms with E-state index in [-0.39, 0.29) is 10.8 Å². The van der Waals surface area contributed by atoms with E-state index in [0.29, 0.717) is 29.7 Å². The lowest BCUT2D eigenvalue weighted by Crippen LogP contribution is -2.32. The summed E-state index contributed by atoms with van der Waals surface area (Å²) in [6.07, 6.45) is 1.14. The van der Waals surface area contributed by atoms with Gasteiger partial charge in [-0.25, -0.2) is 13.4 Å². The summed E-state index contributed by atoms with van der Waals surface area (Å²) in [6, 6.07) is 16.6. The van der Waals surface area contributed by atoms with Crippen LogP contribution >= 0.6 is 15.9 Å². The summed E-state index contributed by atoms with van der Waals surface area (Å²) < 4.78 is 30.0. The smallest absolute Gasteiger partial charge is 0.255 e. The normalized spacial score (nSPS) is 13.9. The number of benzene rings is 3. The van der Waals surface area contributed by atoms with Crippen molar-refractivity contribution in [3.8, 4) is 16.9 Å². The molecule has 2 heterocycles. The highest BCUT2D eigenvalue weighted by atomic mass is 79.9. The highest BCUT2D eigenvalue weighted by Crippen LogP contribution is 2.32. The van der Waals surface area contributed by atoms with Crippen LogP contribution in [0, 0.1) is 6.92 Å². The molecule has 0 atom stereocenters. The summed E-state index contributed by atoms with van der Waals surface area (Å²) in [7, 11) is -3.36. The van der Waals surface area contributed by atoms with Gasteiger partial charge < -0.3 is 14.6 Å². The first kappa shape index (κ1) is 22.6. The van der Waals surface area contributed by atoms with Gasteiger partial charge in [-0.05, 0) is 76.4 Å². The van der Waals surface area contributed by atoms with E-state index < -0.39 is 9.84 Å². The number of ether oxygens (including phenoxy) is 1. The average Bonchev–Trinajstić information content (AvgIpc) is 3.03. The molecule has 0 aliphatic carbocycles. The van der Waals surface area contributed by atoms with Gasteiger partial charge in [-0.2, -0.15) is 0 Å². The van der Waals surface area contributed by atoms with Gasteiger partial charge in [0.15, 0.2) is 9.84 Å². The van der Waals surface area contributed by atoms with Gasteiger partial charge in [0, 0.05) is 22.8 Å². The largest absolute Gasteiger partial charge is 0.491 e. The molecule has 0 fully saturated rings. The standard InChI is InChI=1S/C25H22BrN3O4S/c1-15-27-22-7-3-17(12-23(22)28-15)16-4-8-24-18(11-16)14-29(9-10-33-24)25(30)20-6-5-19(13-21(20)26)34(2,31)32/h3-8,11-13H,9-10,14H2,1-2H3,(H,27,28). The molecule has 0 saturated carbocycles. The Morgan fingerprint density at radius 2 is 1.85 bits per heavy atom. The van der Waals surface area contributed by atoms with Crippen LogP contribution in [0.15, 0.2) is 64.0 Å². The van der Waals surface area contributed by atoms with E-state index in [1.54, 1.807) is 11.0 Å². The van der Waals surface area contributed by atoms with Crippen molar-refractivity contribution < 1.29 is 17.9 Å². The van der Waals surface area contributed by atoms with Crippen LogP contribution in [-0.4, -0.2) is 48.6 Å². The van der Waals surface area contributed by atoms with Crippen LogP contribution < -0.4 is 4.74 Å². The van der Waals surface area contributed by atoms with E-state index in [2.05, 4.69) is 32.0 Å². The van der Waals surface area contributed by atoms with Gasteiger partial charge in [-0.3, -0.25) is 4.79 Å². The number of aromatic amines is 1. The molecule has 1 aliphatic rings. The Morgan fingerprint density at radius 1 is 1.09 bits per heavy atom. The summed E-state index contributed by atoms with van der Waals surface area (Å²) in [5, 5.41) is 0. The third-order valence-electron chi connectivity index (χ3n) is 5.86. The molecule has 7 nitrogen and oxygen atoms in total. The van der Waals surface area contributed by atoms with Crippen molar-refractivity contribution in [3.63, 3.8) is 0 Å². The van der Waals surface area contributed by atoms with Crippen molar-refractivity contribution in [2.45, 2.75) is 18.4 Å². The molecule has 5 rings (SSSR count). The highest BCUT2D eigenvalue weighted by Gasteiger charge is 2.24. The van der Waals surface area contributed by atoms with E-state index in [4.69, 9.17) is 4.74 Å². The zero-order valence-corrected chi connectivity index (χ0v) is 21.0. The first-order valence-electron chi connectivity index (χ1n) is 10.7. The number of nitrogens with zero attached hydrogens (tertiary/aromatic N) is 2. The fourth-order valence-electron chi connectivity index (χ4n) is 4.13. The molecular weight excluding hydrogens is 518 g/mol. The number of amides is 1. The van der Waals surface area contributed by atoms with Gasteiger partial charge in [0.2, 0.25) is 0 Å². The Hall–Kier alpha value is -3.17. The molecule has 0 saturated heterocycles. The van der Waals surface area contributed by atoms with Crippen LogP contribution in [0.3, 0.4) is 0 Å². The number of hydrogen-bond acceptors (Lipinski definition) is 5. The first-order valence-corrected chi connectivity index (χ1v) is 13.4. The van der Waals surface area contributed by atoms with Crippen LogP contribution in [-0.2, 0) is 16.4 Å². The molecule has 0 unspecified atom stereocenters. The molecule has 9 heteroatoms. The number of hydrogen-bond donors (Lipinski definition) is 1. The predicted molar refractivity (Wildman–Crippen MR) is 134 cm³/mol. The van der Waals surface area contributed by atoms with Crippen LogP contribution in [0.5, 0.6) is 5.75 Å². The van der Waals surface area contributed by atoms with Crippen molar-refractivity contribution >= 4 is 42.7 Å². The number of imidazole rings is 1. The molecule has 1 aromatic heterocycles. The molecular formula is C25H22BrN3O4S. The van der Waals surface area contributed by atoms with Crippen LogP contribution in [0.4, 0.5) is 0 Å². The summed E-state index contributed by atoms with van der Waals surface area (Å²) in [6.45, 7) is 3.10. The molecule has 3 aromatic carbocycles. The lowest BCUT2D eigenvalue weighted by Gasteiger charge is -2.21. The minimum absolute atomic E-state index is 0.162. The zero-order valence-electron chi connectivity index (χ0n) is 18.6. The molecule has 0 radical (unpaired) electrons. The monoisotopic (exact) mass is 539 g/mol. The lowest BCUT2D eigenvalue weighted by molar-refractivity contribution is 0.0732. The van der Waals surface area contributed by atoms with Gasteiger partial charge in [-0.15, -0.1) is 0 Å². The maximum absolute atomic E-state index is 13.3. The Labute approximate surface area is 205 Å². The number of halogens is 1. The van der Waals surface area contributed by atoms with Gasteiger partial charge in [0.25, 0.3) is 5.91 Å². The molecule has 1 N–H and O–H groups in total. The van der Waals surface area contributed by atoms with E-state index in [1.807, 2.05) is 37.3 Å². The number of fused-ring (bicyclic) bond motifs is 2. The first-order chi connectivity index (χ1) is 16.2. The fraction of sp³-hybridized carbons (Fsp3) is 0.200. The van der Waals surface area contributed by atoms with Crippen LogP contribution in [0.2, 0.25) is 0 Å². The number of H-pyrrole nitrogens is 1. The van der Waals surface area contributed by atoms with Crippen molar-refractivity contribution in [1.82, 2.24) is 14.9 Å². The SMILES string of the molecule is Cc1nc2ccc(-c3ccc4c(c3)CN(C(=O)c3ccc(S(C)(=O)=O)cc3Br)CCO4)cc2[nH]1. The second kappa shape index (κ2) is 8.56. The number of aromatic nitrogens is 2. The molecule has 174 valence electrons. The number of aryl methyl sites for hydroxylation is 1. The summed E-state index contributed by atoms with van der Waals surface area (Å²) in [5.41, 5.74) is 5.27. The number of rotatable bonds is 3. The van der Waals surface area contributed by atoms with E-state index in [1.165, 1.54) is 12.1 Å². The number of nitrogens with one attached hydrogen (secondary N) is 1. The summed E-state index contributed by atoms with van der Waals surface area (Å²) >= 11 is 3.37. The molecule has 1 aliphatic heterocycles. The Morgan fingerprint density at radius 3 is 2.62 bits per heavy atom. The van der Waals surface area contributed by atoms with Crippen LogP contribution in [0.25, 0.3) is 22.2 Å². The average molecular weight is 540 g/mol. The quantitative estimate of drug-likeness (QED) is 0.406. The number of carbonyl (C=O) groups excluding carboxylic acids is 1. The van der Waals surface area contributed by atoms with Crippen molar-refractivity contribution in [2.75, 3.05) is 19.4 Å². The third-order valence-corrected chi connectivity index (χ3v) is 7.63. The topological polar surface area (TPSA) is 92.4 Å². The molecule has 4 aromatic rings. The summed E-state index contributed by atoms with van der Waals surface area (Å²) in [5.74, 6) is 1.43. The zero-order chi connectivity index (χ0) is 24.0. The minimum atomic E-state index is -3.36. The second-order valence-electron chi connectivity index (χ2n) is 8.37. The van der Waals surface area contributed by atoms with Crippen molar-refractivity contribution in [3.05, 3.63) is 76.0 Å². The predicted octanol–water partition coefficient (Wildman–Crippen LogP) is 4.74. The summed E-state index contributed by atoms with van der Waals surface area (Å²) in [4.78, 5) is 22.9. The van der Waals surface area contributed by atoms with Crippen molar-refractivity contribution in [2.24, 2.45) is 0 Å². The van der Waals surface area contributed by atoms with Gasteiger partial charge >= 0.3 is 0 Å². The maximum atomic E-state index is 13.3. The number of sulfone groups is 1. The molecule has 1 amide bonds. The molecule has 34 heavy (non-hydrogen) atoms. The molecule has 0 spiro atoms. The van der Waals surface area contributed by atoms with Crippen LogP contribution in [0.1, 0.15) is 21.7 Å².